The molecule has 3 N–H and O–H groups in total. The van der Waals surface area contributed by atoms with E-state index in [1.807, 2.05) is 6.92 Å². The zero-order valence-electron chi connectivity index (χ0n) is 10.8. The fraction of sp³-hybridized carbons (Fsp3) is 0.455. The second-order valence-corrected chi connectivity index (χ2v) is 5.89. The molecule has 0 aliphatic rings. The monoisotopic (exact) mass is 287 g/mol. The molecule has 0 saturated carbocycles. The maximum atomic E-state index is 11.2. The van der Waals surface area contributed by atoms with Gasteiger partial charge >= 0.3 is 5.97 Å². The van der Waals surface area contributed by atoms with Gasteiger partial charge in [-0.05, 0) is 25.6 Å². The molecule has 0 aliphatic heterocycles. The van der Waals surface area contributed by atoms with E-state index in [-0.39, 0.29) is 17.9 Å². The van der Waals surface area contributed by atoms with E-state index in [1.54, 1.807) is 0 Å². The van der Waals surface area contributed by atoms with Crippen LogP contribution in [0.5, 0.6) is 0 Å². The number of hydrogen-bond donors (Lipinski definition) is 3. The SMILES string of the molecule is CCc1cc(C(=O)O)cc(NCCS(=O)(=O)NC)n1. The lowest BCUT2D eigenvalue weighted by Gasteiger charge is -2.08. The van der Waals surface area contributed by atoms with Crippen LogP contribution in [0.1, 0.15) is 23.0 Å². The van der Waals surface area contributed by atoms with Crippen molar-refractivity contribution in [3.63, 3.8) is 0 Å². The van der Waals surface area contributed by atoms with Gasteiger partial charge in [0.1, 0.15) is 5.82 Å². The number of carboxylic acid groups (broad SMARTS) is 1. The molecule has 8 heteroatoms. The van der Waals surface area contributed by atoms with Crippen molar-refractivity contribution in [2.45, 2.75) is 13.3 Å². The first kappa shape index (κ1) is 15.4. The summed E-state index contributed by atoms with van der Waals surface area (Å²) >= 11 is 0. The number of hydrogen-bond acceptors (Lipinski definition) is 5. The molecule has 0 radical (unpaired) electrons. The molecule has 1 heterocycles. The molecule has 0 fully saturated rings. The molecule has 7 nitrogen and oxygen atoms in total. The fourth-order valence-corrected chi connectivity index (χ4v) is 1.97. The van der Waals surface area contributed by atoms with Gasteiger partial charge in [0.2, 0.25) is 10.0 Å². The minimum Gasteiger partial charge on any atom is -0.478 e. The number of aromatic carboxylic acids is 1. The van der Waals surface area contributed by atoms with Gasteiger partial charge in [0.15, 0.2) is 0 Å². The van der Waals surface area contributed by atoms with Gasteiger partial charge in [0.25, 0.3) is 0 Å². The van der Waals surface area contributed by atoms with Crippen LogP contribution in [-0.2, 0) is 16.4 Å². The Labute approximate surface area is 112 Å². The number of pyridine rings is 1. The summed E-state index contributed by atoms with van der Waals surface area (Å²) in [4.78, 5) is 15.1. The lowest BCUT2D eigenvalue weighted by Crippen LogP contribution is -2.26. The zero-order chi connectivity index (χ0) is 14.5. The molecular formula is C11H17N3O4S. The number of aryl methyl sites for hydroxylation is 1. The third kappa shape index (κ3) is 4.84. The number of aromatic nitrogens is 1. The zero-order valence-corrected chi connectivity index (χ0v) is 11.6. The van der Waals surface area contributed by atoms with Gasteiger partial charge in [-0.25, -0.2) is 22.9 Å². The molecule has 1 aromatic rings. The summed E-state index contributed by atoms with van der Waals surface area (Å²) in [5.41, 5.74) is 0.768. The first-order valence-electron chi connectivity index (χ1n) is 5.77. The molecule has 19 heavy (non-hydrogen) atoms. The molecule has 0 bridgehead atoms. The van der Waals surface area contributed by atoms with E-state index in [0.29, 0.717) is 17.9 Å². The standard InChI is InChI=1S/C11H17N3O4S/c1-3-9-6-8(11(15)16)7-10(14-9)13-4-5-19(17,18)12-2/h6-7,12H,3-5H2,1-2H3,(H,13,14)(H,15,16). The maximum Gasteiger partial charge on any atom is 0.335 e. The molecule has 106 valence electrons. The van der Waals surface area contributed by atoms with Crippen molar-refractivity contribution in [3.8, 4) is 0 Å². The van der Waals surface area contributed by atoms with Crippen LogP contribution in [0.2, 0.25) is 0 Å². The predicted octanol–water partition coefficient (Wildman–Crippen LogP) is 0.303. The lowest BCUT2D eigenvalue weighted by atomic mass is 10.2. The molecule has 0 atom stereocenters. The highest BCUT2D eigenvalue weighted by atomic mass is 32.2. The summed E-state index contributed by atoms with van der Waals surface area (Å²) in [5, 5.41) is 11.8. The van der Waals surface area contributed by atoms with Crippen LogP contribution < -0.4 is 10.0 Å². The molecule has 0 saturated heterocycles. The highest BCUT2D eigenvalue weighted by molar-refractivity contribution is 7.89. The van der Waals surface area contributed by atoms with Gasteiger partial charge in [-0.1, -0.05) is 6.92 Å². The Balaban J connectivity index is 2.78. The Morgan fingerprint density at radius 3 is 2.63 bits per heavy atom. The molecule has 0 spiro atoms. The van der Waals surface area contributed by atoms with E-state index in [4.69, 9.17) is 5.11 Å². The summed E-state index contributed by atoms with van der Waals surface area (Å²) in [7, 11) is -1.95. The average molecular weight is 287 g/mol. The molecule has 1 rings (SSSR count). The smallest absolute Gasteiger partial charge is 0.335 e. The van der Waals surface area contributed by atoms with Crippen molar-refractivity contribution in [1.29, 1.82) is 0 Å². The minimum atomic E-state index is -3.29. The van der Waals surface area contributed by atoms with Crippen LogP contribution >= 0.6 is 0 Å². The van der Waals surface area contributed by atoms with Crippen LogP contribution in [0.3, 0.4) is 0 Å². The van der Waals surface area contributed by atoms with Gasteiger partial charge in [-0.3, -0.25) is 0 Å². The predicted molar refractivity (Wildman–Crippen MR) is 71.9 cm³/mol. The van der Waals surface area contributed by atoms with E-state index in [2.05, 4.69) is 15.0 Å². The van der Waals surface area contributed by atoms with Crippen molar-refractivity contribution in [1.82, 2.24) is 9.71 Å². The van der Waals surface area contributed by atoms with Gasteiger partial charge in [0, 0.05) is 12.2 Å². The number of rotatable bonds is 7. The molecule has 0 aromatic carbocycles. The Hall–Kier alpha value is -1.67. The van der Waals surface area contributed by atoms with Crippen molar-refractivity contribution < 1.29 is 18.3 Å². The van der Waals surface area contributed by atoms with Gasteiger partial charge < -0.3 is 10.4 Å². The third-order valence-electron chi connectivity index (χ3n) is 2.48. The van der Waals surface area contributed by atoms with Gasteiger partial charge in [-0.2, -0.15) is 0 Å². The number of carboxylic acids is 1. The molecule has 0 aliphatic carbocycles. The number of sulfonamides is 1. The summed E-state index contributed by atoms with van der Waals surface area (Å²) in [6.07, 6.45) is 0.602. The summed E-state index contributed by atoms with van der Waals surface area (Å²) in [6.45, 7) is 2.02. The Morgan fingerprint density at radius 2 is 2.11 bits per heavy atom. The van der Waals surface area contributed by atoms with E-state index < -0.39 is 16.0 Å². The highest BCUT2D eigenvalue weighted by Gasteiger charge is 2.09. The van der Waals surface area contributed by atoms with Crippen molar-refractivity contribution in [3.05, 3.63) is 23.4 Å². The Kier molecular flexibility index (Phi) is 5.25. The first-order valence-corrected chi connectivity index (χ1v) is 7.42. The normalized spacial score (nSPS) is 11.3. The van der Waals surface area contributed by atoms with E-state index in [9.17, 15) is 13.2 Å². The quantitative estimate of drug-likeness (QED) is 0.665. The Bertz CT molecular complexity index is 557. The maximum absolute atomic E-state index is 11.2. The van der Waals surface area contributed by atoms with Crippen LogP contribution in [0.4, 0.5) is 5.82 Å². The average Bonchev–Trinajstić information content (AvgIpc) is 2.38. The van der Waals surface area contributed by atoms with Crippen LogP contribution in [0.15, 0.2) is 12.1 Å². The molecule has 0 unspecified atom stereocenters. The van der Waals surface area contributed by atoms with Gasteiger partial charge in [0.05, 0.1) is 11.3 Å². The summed E-state index contributed by atoms with van der Waals surface area (Å²) < 4.78 is 24.6. The largest absolute Gasteiger partial charge is 0.478 e. The van der Waals surface area contributed by atoms with Crippen LogP contribution in [0.25, 0.3) is 0 Å². The fourth-order valence-electron chi connectivity index (χ4n) is 1.40. The third-order valence-corrected chi connectivity index (χ3v) is 3.84. The number of anilines is 1. The van der Waals surface area contributed by atoms with Crippen LogP contribution in [-0.4, -0.2) is 43.8 Å². The summed E-state index contributed by atoms with van der Waals surface area (Å²) in [6, 6.07) is 2.88. The van der Waals surface area contributed by atoms with Gasteiger partial charge in [-0.15, -0.1) is 0 Å². The number of nitrogens with one attached hydrogen (secondary N) is 2. The highest BCUT2D eigenvalue weighted by Crippen LogP contribution is 2.11. The second kappa shape index (κ2) is 6.48. The van der Waals surface area contributed by atoms with E-state index in [0.717, 1.165) is 0 Å². The van der Waals surface area contributed by atoms with E-state index in [1.165, 1.54) is 19.2 Å². The molecule has 0 amide bonds. The first-order chi connectivity index (χ1) is 8.88. The number of carbonyl (C=O) groups is 1. The van der Waals surface area contributed by atoms with Crippen molar-refractivity contribution >= 4 is 21.8 Å². The Morgan fingerprint density at radius 1 is 1.42 bits per heavy atom. The van der Waals surface area contributed by atoms with E-state index >= 15 is 0 Å². The molecule has 1 aromatic heterocycles. The van der Waals surface area contributed by atoms with Crippen molar-refractivity contribution in [2.75, 3.05) is 24.7 Å². The second-order valence-electron chi connectivity index (χ2n) is 3.84. The van der Waals surface area contributed by atoms with Crippen LogP contribution in [0, 0.1) is 0 Å². The minimum absolute atomic E-state index is 0.107. The topological polar surface area (TPSA) is 108 Å². The lowest BCUT2D eigenvalue weighted by molar-refractivity contribution is 0.0696. The number of nitrogens with zero attached hydrogens (tertiary/aromatic N) is 1. The summed E-state index contributed by atoms with van der Waals surface area (Å²) in [5.74, 6) is -0.782. The molecular weight excluding hydrogens is 270 g/mol. The van der Waals surface area contributed by atoms with Crippen molar-refractivity contribution in [2.24, 2.45) is 0 Å².